The maximum absolute atomic E-state index is 12.9. The zero-order valence-electron chi connectivity index (χ0n) is 20.2. The molecule has 0 aliphatic rings. The van der Waals surface area contributed by atoms with Crippen LogP contribution in [0.3, 0.4) is 0 Å². The molecule has 33 heavy (non-hydrogen) atoms. The zero-order valence-corrected chi connectivity index (χ0v) is 20.2. The number of amides is 2. The summed E-state index contributed by atoms with van der Waals surface area (Å²) in [6.45, 7) is 9.25. The van der Waals surface area contributed by atoms with Crippen LogP contribution in [0.5, 0.6) is 11.6 Å². The molecule has 0 radical (unpaired) electrons. The Kier molecular flexibility index (Phi) is 8.49. The van der Waals surface area contributed by atoms with Gasteiger partial charge < -0.3 is 19.7 Å². The summed E-state index contributed by atoms with van der Waals surface area (Å²) < 4.78 is 13.5. The van der Waals surface area contributed by atoms with Crippen LogP contribution >= 0.6 is 0 Å². The van der Waals surface area contributed by atoms with Gasteiger partial charge in [-0.3, -0.25) is 0 Å². The molecule has 1 heterocycles. The lowest BCUT2D eigenvalue weighted by molar-refractivity contribution is 0.145. The van der Waals surface area contributed by atoms with Gasteiger partial charge in [0, 0.05) is 19.7 Å². The van der Waals surface area contributed by atoms with Crippen LogP contribution in [-0.4, -0.2) is 47.0 Å². The molecule has 0 aliphatic heterocycles. The van der Waals surface area contributed by atoms with E-state index in [9.17, 15) is 4.79 Å². The van der Waals surface area contributed by atoms with Crippen molar-refractivity contribution in [2.45, 2.75) is 46.7 Å². The molecule has 7 heteroatoms. The lowest BCUT2D eigenvalue weighted by Gasteiger charge is -2.24. The molecule has 7 nitrogen and oxygen atoms in total. The van der Waals surface area contributed by atoms with Crippen LogP contribution in [-0.2, 0) is 17.7 Å². The van der Waals surface area contributed by atoms with Crippen molar-refractivity contribution in [3.05, 3.63) is 71.4 Å². The molecule has 0 unspecified atom stereocenters. The lowest BCUT2D eigenvalue weighted by atomic mass is 10.2. The minimum atomic E-state index is -0.141. The second-order valence-electron chi connectivity index (χ2n) is 8.26. The third-order valence-corrected chi connectivity index (χ3v) is 5.20. The van der Waals surface area contributed by atoms with Crippen LogP contribution in [0.4, 0.5) is 4.79 Å². The highest BCUT2D eigenvalue weighted by molar-refractivity contribution is 5.74. The Morgan fingerprint density at radius 2 is 1.82 bits per heavy atom. The van der Waals surface area contributed by atoms with Crippen molar-refractivity contribution < 1.29 is 14.3 Å². The Bertz CT molecular complexity index is 1030. The predicted molar refractivity (Wildman–Crippen MR) is 130 cm³/mol. The van der Waals surface area contributed by atoms with E-state index in [0.717, 1.165) is 28.3 Å². The summed E-state index contributed by atoms with van der Waals surface area (Å²) in [4.78, 5) is 14.7. The van der Waals surface area contributed by atoms with Crippen molar-refractivity contribution in [1.29, 1.82) is 0 Å². The Hall–Kier alpha value is -3.32. The average Bonchev–Trinajstić information content (AvgIpc) is 3.15. The normalized spacial score (nSPS) is 11.0. The molecule has 0 aliphatic carbocycles. The van der Waals surface area contributed by atoms with Crippen molar-refractivity contribution in [2.24, 2.45) is 0 Å². The van der Waals surface area contributed by atoms with E-state index in [-0.39, 0.29) is 12.1 Å². The number of carbonyl (C=O) groups excluding carboxylic acids is 1. The first-order valence-corrected chi connectivity index (χ1v) is 11.4. The fraction of sp³-hybridized carbons (Fsp3) is 0.385. The maximum Gasteiger partial charge on any atom is 0.317 e. The summed E-state index contributed by atoms with van der Waals surface area (Å²) in [6, 6.07) is 17.7. The summed E-state index contributed by atoms with van der Waals surface area (Å²) in [6.07, 6.45) is 0.712. The van der Waals surface area contributed by atoms with E-state index in [0.29, 0.717) is 32.0 Å². The van der Waals surface area contributed by atoms with E-state index in [4.69, 9.17) is 14.6 Å². The number of para-hydroxylation sites is 1. The van der Waals surface area contributed by atoms with Gasteiger partial charge in [0.25, 0.3) is 0 Å². The average molecular weight is 451 g/mol. The Labute approximate surface area is 196 Å². The number of nitrogens with zero attached hydrogens (tertiary/aromatic N) is 3. The second-order valence-corrected chi connectivity index (χ2v) is 8.26. The minimum absolute atomic E-state index is 0.0310. The van der Waals surface area contributed by atoms with Gasteiger partial charge in [0.1, 0.15) is 5.75 Å². The molecule has 0 atom stereocenters. The quantitative estimate of drug-likeness (QED) is 0.466. The number of carbonyl (C=O) groups is 1. The van der Waals surface area contributed by atoms with E-state index in [1.807, 2.05) is 80.1 Å². The van der Waals surface area contributed by atoms with Gasteiger partial charge in [-0.1, -0.05) is 42.8 Å². The highest BCUT2D eigenvalue weighted by atomic mass is 16.5. The summed E-state index contributed by atoms with van der Waals surface area (Å²) in [5, 5.41) is 7.86. The SMILES string of the molecule is CCc1nn(-c2ccccc2)c(Oc2ccc(C)cc2)c1CN(CCOC)C(=O)NC(C)C. The van der Waals surface area contributed by atoms with E-state index >= 15 is 0 Å². The van der Waals surface area contributed by atoms with Crippen LogP contribution in [0.1, 0.15) is 37.6 Å². The number of urea groups is 1. The second kappa shape index (κ2) is 11.5. The molecule has 0 fully saturated rings. The van der Waals surface area contributed by atoms with Crippen molar-refractivity contribution in [2.75, 3.05) is 20.3 Å². The largest absolute Gasteiger partial charge is 0.439 e. The standard InChI is InChI=1S/C26H34N4O3/c1-6-24-23(18-29(16-17-32-5)26(31)27-19(2)3)25(33-22-14-12-20(4)13-15-22)30(28-24)21-10-8-7-9-11-21/h7-15,19H,6,16-18H2,1-5H3,(H,27,31). The first-order chi connectivity index (χ1) is 15.9. The molecular weight excluding hydrogens is 416 g/mol. The number of nitrogens with one attached hydrogen (secondary N) is 1. The summed E-state index contributed by atoms with van der Waals surface area (Å²) >= 11 is 0. The third kappa shape index (κ3) is 6.35. The van der Waals surface area contributed by atoms with Crippen molar-refractivity contribution >= 4 is 6.03 Å². The van der Waals surface area contributed by atoms with Crippen LogP contribution < -0.4 is 10.1 Å². The van der Waals surface area contributed by atoms with E-state index < -0.39 is 0 Å². The summed E-state index contributed by atoms with van der Waals surface area (Å²) in [7, 11) is 1.63. The van der Waals surface area contributed by atoms with Gasteiger partial charge in [0.2, 0.25) is 5.88 Å². The highest BCUT2D eigenvalue weighted by Crippen LogP contribution is 2.32. The predicted octanol–water partition coefficient (Wildman–Crippen LogP) is 5.10. The molecule has 0 saturated heterocycles. The molecule has 2 aromatic carbocycles. The van der Waals surface area contributed by atoms with Crippen LogP contribution in [0.15, 0.2) is 54.6 Å². The van der Waals surface area contributed by atoms with E-state index in [1.165, 1.54) is 0 Å². The summed E-state index contributed by atoms with van der Waals surface area (Å²) in [5.74, 6) is 1.33. The van der Waals surface area contributed by atoms with Crippen molar-refractivity contribution in [1.82, 2.24) is 20.0 Å². The van der Waals surface area contributed by atoms with Crippen molar-refractivity contribution in [3.8, 4) is 17.3 Å². The van der Waals surface area contributed by atoms with Crippen LogP contribution in [0.2, 0.25) is 0 Å². The molecule has 1 aromatic heterocycles. The minimum Gasteiger partial charge on any atom is -0.439 e. The van der Waals surface area contributed by atoms with Gasteiger partial charge >= 0.3 is 6.03 Å². The molecule has 2 amide bonds. The molecule has 3 aromatic rings. The van der Waals surface area contributed by atoms with Gasteiger partial charge in [0.15, 0.2) is 0 Å². The number of aromatic nitrogens is 2. The van der Waals surface area contributed by atoms with Gasteiger partial charge in [0.05, 0.1) is 30.1 Å². The van der Waals surface area contributed by atoms with Gasteiger partial charge in [-0.15, -0.1) is 0 Å². The molecule has 0 saturated carbocycles. The monoisotopic (exact) mass is 450 g/mol. The summed E-state index contributed by atoms with van der Waals surface area (Å²) in [5.41, 5.74) is 3.83. The fourth-order valence-corrected chi connectivity index (χ4v) is 3.47. The highest BCUT2D eigenvalue weighted by Gasteiger charge is 2.25. The number of rotatable bonds is 10. The number of ether oxygens (including phenoxy) is 2. The Morgan fingerprint density at radius 3 is 2.42 bits per heavy atom. The number of aryl methyl sites for hydroxylation is 2. The topological polar surface area (TPSA) is 68.6 Å². The Morgan fingerprint density at radius 1 is 1.12 bits per heavy atom. The molecule has 1 N–H and O–H groups in total. The third-order valence-electron chi connectivity index (χ3n) is 5.20. The number of hydrogen-bond acceptors (Lipinski definition) is 4. The molecular formula is C26H34N4O3. The maximum atomic E-state index is 12.9. The van der Waals surface area contributed by atoms with Gasteiger partial charge in [-0.05, 0) is 51.5 Å². The first kappa shape index (κ1) is 24.3. The molecule has 3 rings (SSSR count). The Balaban J connectivity index is 2.06. The zero-order chi connectivity index (χ0) is 23.8. The van der Waals surface area contributed by atoms with E-state index in [1.54, 1.807) is 12.0 Å². The molecule has 176 valence electrons. The smallest absolute Gasteiger partial charge is 0.317 e. The number of benzene rings is 2. The molecule has 0 spiro atoms. The number of methoxy groups -OCH3 is 1. The first-order valence-electron chi connectivity index (χ1n) is 11.4. The molecule has 0 bridgehead atoms. The van der Waals surface area contributed by atoms with E-state index in [2.05, 4.69) is 12.2 Å². The van der Waals surface area contributed by atoms with Gasteiger partial charge in [-0.2, -0.15) is 5.10 Å². The van der Waals surface area contributed by atoms with Crippen molar-refractivity contribution in [3.63, 3.8) is 0 Å². The lowest BCUT2D eigenvalue weighted by Crippen LogP contribution is -2.44. The number of hydrogen-bond donors (Lipinski definition) is 1. The fourth-order valence-electron chi connectivity index (χ4n) is 3.47. The van der Waals surface area contributed by atoms with Crippen LogP contribution in [0, 0.1) is 6.92 Å². The van der Waals surface area contributed by atoms with Crippen LogP contribution in [0.25, 0.3) is 5.69 Å². The van der Waals surface area contributed by atoms with Gasteiger partial charge in [-0.25, -0.2) is 9.48 Å².